The second kappa shape index (κ2) is 6.62. The molecular formula is C18H28O2. The molecule has 1 aliphatic carbocycles. The van der Waals surface area contributed by atoms with Crippen LogP contribution in [0.4, 0.5) is 0 Å². The van der Waals surface area contributed by atoms with Crippen LogP contribution in [0.3, 0.4) is 0 Å². The number of aryl methyl sites for hydroxylation is 1. The lowest BCUT2D eigenvalue weighted by Crippen LogP contribution is -2.53. The molecule has 1 aromatic carbocycles. The van der Waals surface area contributed by atoms with Crippen molar-refractivity contribution in [2.75, 3.05) is 14.2 Å². The lowest BCUT2D eigenvalue weighted by molar-refractivity contribution is -0.148. The van der Waals surface area contributed by atoms with Crippen molar-refractivity contribution in [3.8, 4) is 5.75 Å². The molecule has 2 nitrogen and oxygen atoms in total. The van der Waals surface area contributed by atoms with Crippen molar-refractivity contribution >= 4 is 0 Å². The zero-order chi connectivity index (χ0) is 14.6. The Hall–Kier alpha value is -1.02. The molecule has 0 spiro atoms. The third-order valence-corrected chi connectivity index (χ3v) is 5.33. The monoisotopic (exact) mass is 276 g/mol. The Balaban J connectivity index is 1.88. The molecule has 0 radical (unpaired) electrons. The quantitative estimate of drug-likeness (QED) is 0.731. The van der Waals surface area contributed by atoms with Gasteiger partial charge in [-0.1, -0.05) is 26.0 Å². The van der Waals surface area contributed by atoms with Crippen molar-refractivity contribution in [3.63, 3.8) is 0 Å². The summed E-state index contributed by atoms with van der Waals surface area (Å²) in [5.74, 6) is 1.66. The minimum Gasteiger partial charge on any atom is -0.497 e. The van der Waals surface area contributed by atoms with E-state index in [1.165, 1.54) is 31.2 Å². The second-order valence-corrected chi connectivity index (χ2v) is 6.08. The van der Waals surface area contributed by atoms with E-state index in [4.69, 9.17) is 9.47 Å². The first-order valence-electron chi connectivity index (χ1n) is 7.84. The molecule has 1 fully saturated rings. The van der Waals surface area contributed by atoms with Crippen LogP contribution in [0.5, 0.6) is 5.75 Å². The van der Waals surface area contributed by atoms with Crippen molar-refractivity contribution in [2.24, 2.45) is 11.3 Å². The van der Waals surface area contributed by atoms with Gasteiger partial charge in [0.1, 0.15) is 5.75 Å². The minimum atomic E-state index is 0.444. The third kappa shape index (κ3) is 2.85. The largest absolute Gasteiger partial charge is 0.497 e. The summed E-state index contributed by atoms with van der Waals surface area (Å²) in [4.78, 5) is 0. The first-order valence-corrected chi connectivity index (χ1v) is 7.84. The number of rotatable bonds is 7. The van der Waals surface area contributed by atoms with Gasteiger partial charge in [0.05, 0.1) is 13.2 Å². The van der Waals surface area contributed by atoms with Crippen LogP contribution in [0, 0.1) is 11.3 Å². The zero-order valence-corrected chi connectivity index (χ0v) is 13.3. The van der Waals surface area contributed by atoms with E-state index in [2.05, 4.69) is 26.0 Å². The summed E-state index contributed by atoms with van der Waals surface area (Å²) < 4.78 is 11.0. The van der Waals surface area contributed by atoms with Crippen LogP contribution in [0.1, 0.15) is 45.1 Å². The predicted octanol–water partition coefficient (Wildman–Crippen LogP) is 4.47. The Morgan fingerprint density at radius 1 is 1.10 bits per heavy atom. The summed E-state index contributed by atoms with van der Waals surface area (Å²) >= 11 is 0. The van der Waals surface area contributed by atoms with Gasteiger partial charge in [-0.2, -0.15) is 0 Å². The van der Waals surface area contributed by atoms with E-state index in [1.807, 2.05) is 19.2 Å². The summed E-state index contributed by atoms with van der Waals surface area (Å²) in [5, 5.41) is 0. The summed E-state index contributed by atoms with van der Waals surface area (Å²) in [6, 6.07) is 8.44. The average molecular weight is 276 g/mol. The van der Waals surface area contributed by atoms with Gasteiger partial charge in [0.25, 0.3) is 0 Å². The van der Waals surface area contributed by atoms with Crippen molar-refractivity contribution in [3.05, 3.63) is 29.8 Å². The highest BCUT2D eigenvalue weighted by molar-refractivity contribution is 5.27. The Morgan fingerprint density at radius 2 is 1.75 bits per heavy atom. The van der Waals surface area contributed by atoms with Gasteiger partial charge in [0.15, 0.2) is 0 Å². The van der Waals surface area contributed by atoms with Crippen LogP contribution in [0.2, 0.25) is 0 Å². The van der Waals surface area contributed by atoms with Gasteiger partial charge in [0, 0.05) is 7.11 Å². The summed E-state index contributed by atoms with van der Waals surface area (Å²) in [5.41, 5.74) is 1.84. The molecule has 0 aliphatic heterocycles. The van der Waals surface area contributed by atoms with E-state index >= 15 is 0 Å². The van der Waals surface area contributed by atoms with Gasteiger partial charge in [-0.3, -0.25) is 0 Å². The fourth-order valence-electron chi connectivity index (χ4n) is 3.87. The fraction of sp³-hybridized carbons (Fsp3) is 0.667. The van der Waals surface area contributed by atoms with Gasteiger partial charge in [-0.05, 0) is 61.1 Å². The summed E-state index contributed by atoms with van der Waals surface area (Å²) in [7, 11) is 3.59. The Kier molecular flexibility index (Phi) is 5.09. The Morgan fingerprint density at radius 3 is 2.25 bits per heavy atom. The lowest BCUT2D eigenvalue weighted by atomic mass is 9.55. The SMILES string of the molecule is CCC1(CC)CC(CCc2ccc(OC)cc2)C1OC. The van der Waals surface area contributed by atoms with E-state index in [9.17, 15) is 0 Å². The van der Waals surface area contributed by atoms with E-state index in [-0.39, 0.29) is 0 Å². The van der Waals surface area contributed by atoms with Crippen LogP contribution in [0.15, 0.2) is 24.3 Å². The molecule has 1 aromatic rings. The molecule has 2 unspecified atom stereocenters. The van der Waals surface area contributed by atoms with Crippen LogP contribution in [0.25, 0.3) is 0 Å². The molecule has 0 amide bonds. The van der Waals surface area contributed by atoms with Crippen LogP contribution >= 0.6 is 0 Å². The number of ether oxygens (including phenoxy) is 2. The van der Waals surface area contributed by atoms with Crippen molar-refractivity contribution in [2.45, 2.75) is 52.1 Å². The third-order valence-electron chi connectivity index (χ3n) is 5.33. The molecule has 0 aromatic heterocycles. The van der Waals surface area contributed by atoms with Crippen LogP contribution < -0.4 is 4.74 Å². The predicted molar refractivity (Wildman–Crippen MR) is 83.2 cm³/mol. The summed E-state index contributed by atoms with van der Waals surface area (Å²) in [6.45, 7) is 4.60. The van der Waals surface area contributed by atoms with Gasteiger partial charge < -0.3 is 9.47 Å². The van der Waals surface area contributed by atoms with Gasteiger partial charge in [-0.15, -0.1) is 0 Å². The lowest BCUT2D eigenvalue weighted by Gasteiger charge is -2.54. The highest BCUT2D eigenvalue weighted by atomic mass is 16.5. The topological polar surface area (TPSA) is 18.5 Å². The van der Waals surface area contributed by atoms with E-state index in [0.29, 0.717) is 11.5 Å². The first kappa shape index (κ1) is 15.4. The molecule has 1 saturated carbocycles. The highest BCUT2D eigenvalue weighted by Crippen LogP contribution is 2.53. The van der Waals surface area contributed by atoms with Crippen molar-refractivity contribution in [1.29, 1.82) is 0 Å². The molecule has 112 valence electrons. The van der Waals surface area contributed by atoms with E-state index in [0.717, 1.165) is 18.1 Å². The second-order valence-electron chi connectivity index (χ2n) is 6.08. The molecule has 0 N–H and O–H groups in total. The fourth-order valence-corrected chi connectivity index (χ4v) is 3.87. The summed E-state index contributed by atoms with van der Waals surface area (Å²) in [6.07, 6.45) is 6.62. The maximum atomic E-state index is 5.80. The normalized spacial score (nSPS) is 24.2. The maximum absolute atomic E-state index is 5.80. The molecule has 0 bridgehead atoms. The zero-order valence-electron chi connectivity index (χ0n) is 13.3. The molecular weight excluding hydrogens is 248 g/mol. The Labute approximate surface area is 123 Å². The van der Waals surface area contributed by atoms with Crippen molar-refractivity contribution in [1.82, 2.24) is 0 Å². The Bertz CT molecular complexity index is 406. The number of benzene rings is 1. The molecule has 1 aliphatic rings. The molecule has 20 heavy (non-hydrogen) atoms. The van der Waals surface area contributed by atoms with Crippen LogP contribution in [-0.4, -0.2) is 20.3 Å². The molecule has 0 heterocycles. The number of hydrogen-bond donors (Lipinski definition) is 0. The van der Waals surface area contributed by atoms with Crippen LogP contribution in [-0.2, 0) is 11.2 Å². The molecule has 2 heteroatoms. The van der Waals surface area contributed by atoms with E-state index in [1.54, 1.807) is 7.11 Å². The number of hydrogen-bond acceptors (Lipinski definition) is 2. The van der Waals surface area contributed by atoms with Gasteiger partial charge in [0.2, 0.25) is 0 Å². The molecule has 2 rings (SSSR count). The van der Waals surface area contributed by atoms with Gasteiger partial charge >= 0.3 is 0 Å². The maximum Gasteiger partial charge on any atom is 0.118 e. The smallest absolute Gasteiger partial charge is 0.118 e. The van der Waals surface area contributed by atoms with Gasteiger partial charge in [-0.25, -0.2) is 0 Å². The van der Waals surface area contributed by atoms with E-state index < -0.39 is 0 Å². The molecule has 2 atom stereocenters. The highest BCUT2D eigenvalue weighted by Gasteiger charge is 2.51. The standard InChI is InChI=1S/C18H28O2/c1-5-18(6-2)13-15(17(18)20-4)10-7-14-8-11-16(19-3)12-9-14/h8-9,11-12,15,17H,5-7,10,13H2,1-4H3. The number of methoxy groups -OCH3 is 2. The molecule has 0 saturated heterocycles. The minimum absolute atomic E-state index is 0.444. The first-order chi connectivity index (χ1) is 9.69. The average Bonchev–Trinajstić information content (AvgIpc) is 2.48. The van der Waals surface area contributed by atoms with Crippen molar-refractivity contribution < 1.29 is 9.47 Å².